The van der Waals surface area contributed by atoms with E-state index in [9.17, 15) is 14.4 Å². The molecule has 0 unspecified atom stereocenters. The van der Waals surface area contributed by atoms with Gasteiger partial charge in [-0.15, -0.1) is 11.3 Å². The molecule has 8 heteroatoms. The Hall–Kier alpha value is -3.39. The fourth-order valence-corrected chi connectivity index (χ4v) is 3.41. The summed E-state index contributed by atoms with van der Waals surface area (Å²) in [5.41, 5.74) is 5.77. The van der Waals surface area contributed by atoms with Crippen molar-refractivity contribution in [1.82, 2.24) is 0 Å². The van der Waals surface area contributed by atoms with Gasteiger partial charge in [0.1, 0.15) is 10.8 Å². The van der Waals surface area contributed by atoms with Crippen LogP contribution in [0.4, 0.5) is 5.00 Å². The average molecular weight is 384 g/mol. The number of methoxy groups -OCH3 is 1. The van der Waals surface area contributed by atoms with E-state index in [4.69, 9.17) is 15.2 Å². The van der Waals surface area contributed by atoms with Gasteiger partial charge >= 0.3 is 5.97 Å². The molecular formula is C19H16N2O5S. The molecule has 7 nitrogen and oxygen atoms in total. The lowest BCUT2D eigenvalue weighted by Crippen LogP contribution is -2.22. The molecule has 0 radical (unpaired) electrons. The minimum absolute atomic E-state index is 0.209. The van der Waals surface area contributed by atoms with Gasteiger partial charge in [0, 0.05) is 5.39 Å². The minimum Gasteiger partial charge on any atom is -0.496 e. The van der Waals surface area contributed by atoms with Crippen LogP contribution >= 0.6 is 11.3 Å². The normalized spacial score (nSPS) is 10.4. The van der Waals surface area contributed by atoms with Crippen molar-refractivity contribution in [3.05, 3.63) is 59.0 Å². The van der Waals surface area contributed by atoms with Crippen LogP contribution in [0.1, 0.15) is 20.7 Å². The van der Waals surface area contributed by atoms with Crippen molar-refractivity contribution < 1.29 is 23.9 Å². The lowest BCUT2D eigenvalue weighted by Gasteiger charge is -2.10. The number of thiophene rings is 1. The molecule has 3 rings (SSSR count). The average Bonchev–Trinajstić information content (AvgIpc) is 3.13. The molecule has 0 fully saturated rings. The first kappa shape index (κ1) is 18.4. The van der Waals surface area contributed by atoms with Crippen molar-refractivity contribution in [2.75, 3.05) is 19.0 Å². The Kier molecular flexibility index (Phi) is 5.37. The molecule has 0 atom stereocenters. The van der Waals surface area contributed by atoms with Crippen LogP contribution in [-0.2, 0) is 9.53 Å². The number of hydrogen-bond acceptors (Lipinski definition) is 6. The summed E-state index contributed by atoms with van der Waals surface area (Å²) in [4.78, 5) is 35.7. The highest BCUT2D eigenvalue weighted by Gasteiger charge is 2.17. The van der Waals surface area contributed by atoms with Crippen molar-refractivity contribution in [2.45, 2.75) is 0 Å². The topological polar surface area (TPSA) is 108 Å². The molecule has 0 aliphatic carbocycles. The van der Waals surface area contributed by atoms with Crippen molar-refractivity contribution >= 4 is 44.9 Å². The summed E-state index contributed by atoms with van der Waals surface area (Å²) in [6.45, 7) is -0.491. The van der Waals surface area contributed by atoms with Gasteiger partial charge < -0.3 is 20.5 Å². The molecule has 0 spiro atoms. The number of amides is 2. The summed E-state index contributed by atoms with van der Waals surface area (Å²) in [7, 11) is 1.55. The SMILES string of the molecule is COc1ccc(C(=O)OCC(=O)Nc2sccc2C(N)=O)c2ccccc12. The summed E-state index contributed by atoms with van der Waals surface area (Å²) in [6, 6.07) is 12.0. The highest BCUT2D eigenvalue weighted by Crippen LogP contribution is 2.28. The van der Waals surface area contributed by atoms with Gasteiger partial charge in [-0.25, -0.2) is 4.79 Å². The second kappa shape index (κ2) is 7.88. The zero-order valence-corrected chi connectivity index (χ0v) is 15.2. The highest BCUT2D eigenvalue weighted by atomic mass is 32.1. The third-order valence-corrected chi connectivity index (χ3v) is 4.67. The second-order valence-corrected chi connectivity index (χ2v) is 6.43. The van der Waals surface area contributed by atoms with E-state index in [1.807, 2.05) is 12.1 Å². The fraction of sp³-hybridized carbons (Fsp3) is 0.105. The molecule has 138 valence electrons. The summed E-state index contributed by atoms with van der Waals surface area (Å²) in [5, 5.41) is 5.89. The number of nitrogens with one attached hydrogen (secondary N) is 1. The van der Waals surface area contributed by atoms with E-state index in [1.54, 1.807) is 36.8 Å². The van der Waals surface area contributed by atoms with Gasteiger partial charge in [0.15, 0.2) is 6.61 Å². The molecule has 1 heterocycles. The molecule has 0 bridgehead atoms. The van der Waals surface area contributed by atoms with Crippen LogP contribution in [0.5, 0.6) is 5.75 Å². The first-order chi connectivity index (χ1) is 13.0. The Morgan fingerprint density at radius 2 is 1.78 bits per heavy atom. The molecule has 1 aromatic heterocycles. The number of anilines is 1. The Bertz CT molecular complexity index is 1030. The zero-order chi connectivity index (χ0) is 19.4. The number of fused-ring (bicyclic) bond motifs is 1. The summed E-state index contributed by atoms with van der Waals surface area (Å²) in [5.74, 6) is -1.21. The maximum Gasteiger partial charge on any atom is 0.339 e. The van der Waals surface area contributed by atoms with E-state index < -0.39 is 24.4 Å². The third kappa shape index (κ3) is 3.90. The molecule has 3 N–H and O–H groups in total. The number of nitrogens with two attached hydrogens (primary N) is 1. The van der Waals surface area contributed by atoms with E-state index in [-0.39, 0.29) is 5.56 Å². The fourth-order valence-electron chi connectivity index (χ4n) is 2.60. The number of esters is 1. The number of ether oxygens (including phenoxy) is 2. The smallest absolute Gasteiger partial charge is 0.339 e. The van der Waals surface area contributed by atoms with Gasteiger partial charge in [-0.3, -0.25) is 9.59 Å². The van der Waals surface area contributed by atoms with Crippen molar-refractivity contribution in [3.8, 4) is 5.75 Å². The monoisotopic (exact) mass is 384 g/mol. The molecule has 0 aliphatic rings. The maximum atomic E-state index is 12.4. The van der Waals surface area contributed by atoms with Gasteiger partial charge in [0.25, 0.3) is 11.8 Å². The lowest BCUT2D eigenvalue weighted by molar-refractivity contribution is -0.119. The Morgan fingerprint density at radius 1 is 1.04 bits per heavy atom. The lowest BCUT2D eigenvalue weighted by atomic mass is 10.0. The van der Waals surface area contributed by atoms with Crippen LogP contribution < -0.4 is 15.8 Å². The molecule has 2 aromatic carbocycles. The standard InChI is InChI=1S/C19H16N2O5S/c1-25-15-7-6-13(11-4-2-3-5-12(11)15)19(24)26-10-16(22)21-18-14(17(20)23)8-9-27-18/h2-9H,10H2,1H3,(H2,20,23)(H,21,22). The van der Waals surface area contributed by atoms with Gasteiger partial charge in [-0.2, -0.15) is 0 Å². The molecule has 27 heavy (non-hydrogen) atoms. The Balaban J connectivity index is 1.71. The van der Waals surface area contributed by atoms with E-state index in [0.29, 0.717) is 21.7 Å². The number of hydrogen-bond donors (Lipinski definition) is 2. The summed E-state index contributed by atoms with van der Waals surface area (Å²) in [6.07, 6.45) is 0. The summed E-state index contributed by atoms with van der Waals surface area (Å²) < 4.78 is 10.4. The number of benzene rings is 2. The second-order valence-electron chi connectivity index (χ2n) is 5.51. The van der Waals surface area contributed by atoms with Crippen LogP contribution in [0.25, 0.3) is 10.8 Å². The first-order valence-electron chi connectivity index (χ1n) is 7.91. The minimum atomic E-state index is -0.645. The van der Waals surface area contributed by atoms with Crippen molar-refractivity contribution in [2.24, 2.45) is 5.73 Å². The number of rotatable bonds is 6. The summed E-state index contributed by atoms with van der Waals surface area (Å²) >= 11 is 1.16. The van der Waals surface area contributed by atoms with Crippen LogP contribution in [-0.4, -0.2) is 31.5 Å². The van der Waals surface area contributed by atoms with Gasteiger partial charge in [-0.05, 0) is 29.0 Å². The molecule has 3 aromatic rings. The Labute approximate surface area is 158 Å². The molecule has 2 amide bonds. The Morgan fingerprint density at radius 3 is 2.48 bits per heavy atom. The van der Waals surface area contributed by atoms with Crippen LogP contribution in [0.3, 0.4) is 0 Å². The predicted molar refractivity (Wildman–Crippen MR) is 102 cm³/mol. The number of carbonyl (C=O) groups excluding carboxylic acids is 3. The zero-order valence-electron chi connectivity index (χ0n) is 14.4. The van der Waals surface area contributed by atoms with Gasteiger partial charge in [0.2, 0.25) is 0 Å². The largest absolute Gasteiger partial charge is 0.496 e. The number of carbonyl (C=O) groups is 3. The van der Waals surface area contributed by atoms with Gasteiger partial charge in [0.05, 0.1) is 18.2 Å². The first-order valence-corrected chi connectivity index (χ1v) is 8.79. The molecule has 0 saturated carbocycles. The maximum absolute atomic E-state index is 12.4. The van der Waals surface area contributed by atoms with E-state index in [1.165, 1.54) is 6.07 Å². The van der Waals surface area contributed by atoms with E-state index in [0.717, 1.165) is 16.7 Å². The molecule has 0 aliphatic heterocycles. The molecule has 0 saturated heterocycles. The number of primary amides is 1. The molecular weight excluding hydrogens is 368 g/mol. The van der Waals surface area contributed by atoms with Crippen LogP contribution in [0.2, 0.25) is 0 Å². The third-order valence-electron chi connectivity index (χ3n) is 3.84. The van der Waals surface area contributed by atoms with Crippen molar-refractivity contribution in [3.63, 3.8) is 0 Å². The van der Waals surface area contributed by atoms with Gasteiger partial charge in [-0.1, -0.05) is 24.3 Å². The quantitative estimate of drug-likeness (QED) is 0.636. The van der Waals surface area contributed by atoms with E-state index in [2.05, 4.69) is 5.32 Å². The van der Waals surface area contributed by atoms with E-state index >= 15 is 0 Å². The van der Waals surface area contributed by atoms with Crippen LogP contribution in [0, 0.1) is 0 Å². The van der Waals surface area contributed by atoms with Crippen LogP contribution in [0.15, 0.2) is 47.8 Å². The van der Waals surface area contributed by atoms with Crippen molar-refractivity contribution in [1.29, 1.82) is 0 Å². The predicted octanol–water partition coefficient (Wildman–Crippen LogP) is 2.80. The highest BCUT2D eigenvalue weighted by molar-refractivity contribution is 7.14.